The van der Waals surface area contributed by atoms with Crippen molar-refractivity contribution < 1.29 is 9.90 Å². The Balaban J connectivity index is 1.86. The maximum atomic E-state index is 11.3. The first-order valence-corrected chi connectivity index (χ1v) is 8.46. The van der Waals surface area contributed by atoms with Crippen LogP contribution < -0.4 is 0 Å². The Morgan fingerprint density at radius 1 is 1.00 bits per heavy atom. The highest BCUT2D eigenvalue weighted by Crippen LogP contribution is 2.31. The van der Waals surface area contributed by atoms with E-state index in [1.54, 1.807) is 5.38 Å². The summed E-state index contributed by atoms with van der Waals surface area (Å²) in [6, 6.07) is 18.4. The summed E-state index contributed by atoms with van der Waals surface area (Å²) in [4.78, 5) is 11.3. The predicted molar refractivity (Wildman–Crippen MR) is 93.7 cm³/mol. The second-order valence-electron chi connectivity index (χ2n) is 4.95. The van der Waals surface area contributed by atoms with E-state index >= 15 is 0 Å². The van der Waals surface area contributed by atoms with Crippen LogP contribution in [-0.2, 0) is 6.42 Å². The molecule has 3 aromatic rings. The summed E-state index contributed by atoms with van der Waals surface area (Å²) in [5, 5.41) is 10.9. The molecule has 2 nitrogen and oxygen atoms in total. The van der Waals surface area contributed by atoms with Gasteiger partial charge >= 0.3 is 5.97 Å². The lowest BCUT2D eigenvalue weighted by molar-refractivity contribution is 0.0696. The molecular weight excluding hydrogens is 360 g/mol. The molecule has 0 aliphatic rings. The first kappa shape index (κ1) is 15.0. The molecule has 1 heterocycles. The molecule has 0 bridgehead atoms. The molecule has 0 saturated heterocycles. The highest BCUT2D eigenvalue weighted by Gasteiger charge is 2.15. The molecule has 1 aromatic heterocycles. The van der Waals surface area contributed by atoms with Crippen molar-refractivity contribution in [3.8, 4) is 11.1 Å². The fourth-order valence-corrected chi connectivity index (χ4v) is 3.78. The van der Waals surface area contributed by atoms with Gasteiger partial charge in [0.25, 0.3) is 0 Å². The zero-order valence-electron chi connectivity index (χ0n) is 11.6. The number of aromatic carboxylic acids is 1. The van der Waals surface area contributed by atoms with E-state index in [1.165, 1.54) is 16.9 Å². The Morgan fingerprint density at radius 3 is 2.27 bits per heavy atom. The molecule has 0 saturated carbocycles. The average molecular weight is 373 g/mol. The molecule has 0 spiro atoms. The van der Waals surface area contributed by atoms with Crippen molar-refractivity contribution in [2.45, 2.75) is 6.42 Å². The van der Waals surface area contributed by atoms with Crippen LogP contribution >= 0.6 is 27.3 Å². The Kier molecular flexibility index (Phi) is 4.41. The fraction of sp³-hybridized carbons (Fsp3) is 0.0556. The molecule has 2 aromatic carbocycles. The van der Waals surface area contributed by atoms with Gasteiger partial charge in [0.1, 0.15) is 0 Å². The summed E-state index contributed by atoms with van der Waals surface area (Å²) in [6.45, 7) is 0. The molecule has 0 aliphatic carbocycles. The van der Waals surface area contributed by atoms with Gasteiger partial charge in [-0.15, -0.1) is 11.3 Å². The summed E-state index contributed by atoms with van der Waals surface area (Å²) in [6.07, 6.45) is 0.612. The minimum Gasteiger partial charge on any atom is -0.478 e. The fourth-order valence-electron chi connectivity index (χ4n) is 2.35. The lowest BCUT2D eigenvalue weighted by Gasteiger charge is -2.05. The van der Waals surface area contributed by atoms with Crippen LogP contribution in [0.5, 0.6) is 0 Å². The summed E-state index contributed by atoms with van der Waals surface area (Å²) in [7, 11) is 0. The van der Waals surface area contributed by atoms with Crippen LogP contribution in [0.25, 0.3) is 11.1 Å². The van der Waals surface area contributed by atoms with E-state index < -0.39 is 5.97 Å². The van der Waals surface area contributed by atoms with Gasteiger partial charge in [0.2, 0.25) is 0 Å². The molecule has 0 aliphatic heterocycles. The number of rotatable bonds is 4. The van der Waals surface area contributed by atoms with Crippen LogP contribution in [0.4, 0.5) is 0 Å². The van der Waals surface area contributed by atoms with Gasteiger partial charge in [0, 0.05) is 11.8 Å². The molecule has 22 heavy (non-hydrogen) atoms. The predicted octanol–water partition coefficient (Wildman–Crippen LogP) is 5.47. The molecule has 110 valence electrons. The zero-order chi connectivity index (χ0) is 15.5. The van der Waals surface area contributed by atoms with Crippen LogP contribution in [0.15, 0.2) is 63.8 Å². The Hall–Kier alpha value is -1.91. The van der Waals surface area contributed by atoms with Crippen molar-refractivity contribution >= 4 is 33.2 Å². The van der Waals surface area contributed by atoms with E-state index in [2.05, 4.69) is 52.3 Å². The van der Waals surface area contributed by atoms with Crippen molar-refractivity contribution in [2.75, 3.05) is 0 Å². The third-order valence-electron chi connectivity index (χ3n) is 3.51. The van der Waals surface area contributed by atoms with Gasteiger partial charge in [-0.05, 0) is 38.2 Å². The second kappa shape index (κ2) is 6.46. The van der Waals surface area contributed by atoms with Crippen molar-refractivity contribution in [3.63, 3.8) is 0 Å². The smallest absolute Gasteiger partial charge is 0.336 e. The summed E-state index contributed by atoms with van der Waals surface area (Å²) in [5.41, 5.74) is 4.65. The molecule has 0 radical (unpaired) electrons. The lowest BCUT2D eigenvalue weighted by atomic mass is 10.00. The molecular formula is C18H13BrO2S. The normalized spacial score (nSPS) is 10.6. The standard InChI is InChI=1S/C18H13BrO2S/c19-17-15(16(11-22-17)18(20)21)10-12-6-8-14(9-7-12)13-4-2-1-3-5-13/h1-9,11H,10H2,(H,20,21). The number of hydrogen-bond donors (Lipinski definition) is 1. The number of hydrogen-bond acceptors (Lipinski definition) is 2. The number of carboxylic acid groups (broad SMARTS) is 1. The summed E-state index contributed by atoms with van der Waals surface area (Å²) in [5.74, 6) is -0.877. The topological polar surface area (TPSA) is 37.3 Å². The van der Waals surface area contributed by atoms with Crippen LogP contribution in [0.1, 0.15) is 21.5 Å². The van der Waals surface area contributed by atoms with Crippen LogP contribution in [0.3, 0.4) is 0 Å². The highest BCUT2D eigenvalue weighted by atomic mass is 79.9. The first-order valence-electron chi connectivity index (χ1n) is 6.78. The Morgan fingerprint density at radius 2 is 1.64 bits per heavy atom. The molecule has 0 unspecified atom stereocenters. The van der Waals surface area contributed by atoms with Crippen LogP contribution in [0, 0.1) is 0 Å². The monoisotopic (exact) mass is 372 g/mol. The summed E-state index contributed by atoms with van der Waals surface area (Å²) < 4.78 is 0.886. The maximum Gasteiger partial charge on any atom is 0.336 e. The van der Waals surface area contributed by atoms with Crippen LogP contribution in [-0.4, -0.2) is 11.1 Å². The quantitative estimate of drug-likeness (QED) is 0.659. The third-order valence-corrected chi connectivity index (χ3v) is 5.36. The molecule has 0 amide bonds. The molecule has 0 atom stereocenters. The number of carbonyl (C=O) groups is 1. The van der Waals surface area contributed by atoms with Gasteiger partial charge in [-0.25, -0.2) is 4.79 Å². The Bertz CT molecular complexity index is 792. The first-order chi connectivity index (χ1) is 10.6. The van der Waals surface area contributed by atoms with Crippen molar-refractivity contribution in [1.82, 2.24) is 0 Å². The van der Waals surface area contributed by atoms with Gasteiger partial charge in [-0.3, -0.25) is 0 Å². The van der Waals surface area contributed by atoms with E-state index in [-0.39, 0.29) is 0 Å². The molecule has 1 N–H and O–H groups in total. The number of benzene rings is 2. The van der Waals surface area contributed by atoms with Gasteiger partial charge in [0.15, 0.2) is 0 Å². The van der Waals surface area contributed by atoms with E-state index in [0.717, 1.165) is 20.5 Å². The van der Waals surface area contributed by atoms with E-state index in [0.29, 0.717) is 12.0 Å². The average Bonchev–Trinajstić information content (AvgIpc) is 2.90. The second-order valence-corrected chi connectivity index (χ2v) is 7.14. The largest absolute Gasteiger partial charge is 0.478 e. The summed E-state index contributed by atoms with van der Waals surface area (Å²) >= 11 is 4.86. The van der Waals surface area contributed by atoms with E-state index in [4.69, 9.17) is 0 Å². The highest BCUT2D eigenvalue weighted by molar-refractivity contribution is 9.11. The van der Waals surface area contributed by atoms with Crippen molar-refractivity contribution in [3.05, 3.63) is 80.5 Å². The van der Waals surface area contributed by atoms with Gasteiger partial charge in [-0.1, -0.05) is 54.6 Å². The molecule has 3 rings (SSSR count). The minimum absolute atomic E-state index is 0.379. The maximum absolute atomic E-state index is 11.3. The SMILES string of the molecule is O=C(O)c1csc(Br)c1Cc1ccc(-c2ccccc2)cc1. The lowest BCUT2D eigenvalue weighted by Crippen LogP contribution is -2.00. The zero-order valence-corrected chi connectivity index (χ0v) is 14.0. The van der Waals surface area contributed by atoms with E-state index in [1.807, 2.05) is 18.2 Å². The van der Waals surface area contributed by atoms with Gasteiger partial charge in [-0.2, -0.15) is 0 Å². The van der Waals surface area contributed by atoms with Gasteiger partial charge < -0.3 is 5.11 Å². The third kappa shape index (κ3) is 3.13. The number of halogens is 1. The Labute approximate surface area is 141 Å². The van der Waals surface area contributed by atoms with Crippen molar-refractivity contribution in [1.29, 1.82) is 0 Å². The number of carboxylic acids is 1. The van der Waals surface area contributed by atoms with Gasteiger partial charge in [0.05, 0.1) is 9.35 Å². The number of thiophene rings is 1. The molecule has 4 heteroatoms. The van der Waals surface area contributed by atoms with Crippen molar-refractivity contribution in [2.24, 2.45) is 0 Å². The van der Waals surface area contributed by atoms with E-state index in [9.17, 15) is 9.90 Å². The van der Waals surface area contributed by atoms with Crippen LogP contribution in [0.2, 0.25) is 0 Å². The minimum atomic E-state index is -0.877. The molecule has 0 fully saturated rings.